The molecule has 146 valence electrons. The smallest absolute Gasteiger partial charge is 0.265 e. The van der Waals surface area contributed by atoms with E-state index in [0.29, 0.717) is 38.6 Å². The number of hydrogen-bond donors (Lipinski definition) is 1. The Morgan fingerprint density at radius 3 is 2.66 bits per heavy atom. The molecular formula is C21H15Cl2N3O3. The van der Waals surface area contributed by atoms with Crippen LogP contribution >= 0.6 is 23.2 Å². The van der Waals surface area contributed by atoms with Crippen molar-refractivity contribution in [1.82, 2.24) is 9.97 Å². The summed E-state index contributed by atoms with van der Waals surface area (Å²) < 4.78 is 11.3. The molecule has 0 bridgehead atoms. The van der Waals surface area contributed by atoms with E-state index in [1.54, 1.807) is 49.5 Å². The number of carbonyl (C=O) groups excluding carboxylic acids is 1. The molecule has 1 unspecified atom stereocenters. The monoisotopic (exact) mass is 427 g/mol. The quantitative estimate of drug-likeness (QED) is 0.448. The van der Waals surface area contributed by atoms with Crippen molar-refractivity contribution in [2.75, 3.05) is 5.32 Å². The van der Waals surface area contributed by atoms with E-state index in [0.717, 1.165) is 5.56 Å². The van der Waals surface area contributed by atoms with Crippen LogP contribution in [0.25, 0.3) is 22.7 Å². The predicted octanol–water partition coefficient (Wildman–Crippen LogP) is 5.60. The molecule has 2 aromatic heterocycles. The first kappa shape index (κ1) is 19.2. The summed E-state index contributed by atoms with van der Waals surface area (Å²) in [6, 6.07) is 15.6. The van der Waals surface area contributed by atoms with Gasteiger partial charge in [-0.25, -0.2) is 4.98 Å². The summed E-state index contributed by atoms with van der Waals surface area (Å²) in [5.41, 5.74) is 2.56. The molecule has 4 rings (SSSR count). The van der Waals surface area contributed by atoms with Crippen molar-refractivity contribution in [3.63, 3.8) is 0 Å². The molecule has 0 aliphatic heterocycles. The van der Waals surface area contributed by atoms with Gasteiger partial charge in [0.25, 0.3) is 5.91 Å². The SMILES string of the molecule is CC(Oc1ccc(Cl)cc1Cl)C(=O)Nc1ccc(-c2nc3ncccc3o2)cc1. The molecule has 2 aromatic carbocycles. The Morgan fingerprint density at radius 2 is 1.93 bits per heavy atom. The number of ether oxygens (including phenoxy) is 1. The van der Waals surface area contributed by atoms with E-state index in [1.807, 2.05) is 18.2 Å². The third-order valence-electron chi connectivity index (χ3n) is 4.13. The number of rotatable bonds is 5. The molecular weight excluding hydrogens is 413 g/mol. The maximum atomic E-state index is 12.4. The minimum atomic E-state index is -0.753. The van der Waals surface area contributed by atoms with Crippen molar-refractivity contribution in [1.29, 1.82) is 0 Å². The highest BCUT2D eigenvalue weighted by atomic mass is 35.5. The molecule has 29 heavy (non-hydrogen) atoms. The van der Waals surface area contributed by atoms with E-state index < -0.39 is 6.10 Å². The van der Waals surface area contributed by atoms with Crippen LogP contribution in [0.4, 0.5) is 5.69 Å². The summed E-state index contributed by atoms with van der Waals surface area (Å²) >= 11 is 12.0. The summed E-state index contributed by atoms with van der Waals surface area (Å²) in [5.74, 6) is 0.541. The van der Waals surface area contributed by atoms with Gasteiger partial charge in [0.2, 0.25) is 5.89 Å². The Balaban J connectivity index is 1.43. The van der Waals surface area contributed by atoms with E-state index in [2.05, 4.69) is 15.3 Å². The summed E-state index contributed by atoms with van der Waals surface area (Å²) in [6.45, 7) is 1.64. The summed E-state index contributed by atoms with van der Waals surface area (Å²) in [7, 11) is 0. The Bertz CT molecular complexity index is 1140. The van der Waals surface area contributed by atoms with Crippen LogP contribution in [0, 0.1) is 0 Å². The second kappa shape index (κ2) is 8.11. The molecule has 1 atom stereocenters. The first-order valence-corrected chi connectivity index (χ1v) is 9.50. The lowest BCUT2D eigenvalue weighted by atomic mass is 10.2. The lowest BCUT2D eigenvalue weighted by molar-refractivity contribution is -0.122. The zero-order chi connectivity index (χ0) is 20.4. The number of amides is 1. The van der Waals surface area contributed by atoms with E-state index in [4.69, 9.17) is 32.4 Å². The van der Waals surface area contributed by atoms with Crippen LogP contribution in [-0.4, -0.2) is 22.0 Å². The number of anilines is 1. The number of nitrogens with one attached hydrogen (secondary N) is 1. The minimum absolute atomic E-state index is 0.310. The molecule has 0 saturated heterocycles. The average Bonchev–Trinajstić information content (AvgIpc) is 3.15. The van der Waals surface area contributed by atoms with Crippen LogP contribution < -0.4 is 10.1 Å². The van der Waals surface area contributed by atoms with Crippen molar-refractivity contribution >= 4 is 46.0 Å². The van der Waals surface area contributed by atoms with E-state index in [9.17, 15) is 4.79 Å². The molecule has 0 aliphatic carbocycles. The maximum absolute atomic E-state index is 12.4. The number of benzene rings is 2. The molecule has 1 N–H and O–H groups in total. The molecule has 1 amide bonds. The number of hydrogen-bond acceptors (Lipinski definition) is 5. The Morgan fingerprint density at radius 1 is 1.14 bits per heavy atom. The highest BCUT2D eigenvalue weighted by Crippen LogP contribution is 2.29. The van der Waals surface area contributed by atoms with Gasteiger partial charge in [0.15, 0.2) is 17.3 Å². The number of pyridine rings is 1. The predicted molar refractivity (Wildman–Crippen MR) is 112 cm³/mol. The lowest BCUT2D eigenvalue weighted by Gasteiger charge is -2.16. The van der Waals surface area contributed by atoms with Crippen LogP contribution in [0.15, 0.2) is 65.2 Å². The molecule has 4 aromatic rings. The first-order valence-electron chi connectivity index (χ1n) is 8.74. The highest BCUT2D eigenvalue weighted by Gasteiger charge is 2.17. The summed E-state index contributed by atoms with van der Waals surface area (Å²) in [4.78, 5) is 20.9. The van der Waals surface area contributed by atoms with E-state index >= 15 is 0 Å². The van der Waals surface area contributed by atoms with Crippen molar-refractivity contribution in [2.45, 2.75) is 13.0 Å². The van der Waals surface area contributed by atoms with Gasteiger partial charge in [0, 0.05) is 22.5 Å². The fourth-order valence-corrected chi connectivity index (χ4v) is 3.10. The standard InChI is InChI=1S/C21H15Cl2N3O3/c1-12(28-17-9-6-14(22)11-16(17)23)20(27)25-15-7-4-13(5-8-15)21-26-19-18(29-21)3-2-10-24-19/h2-12H,1H3,(H,25,27). The zero-order valence-electron chi connectivity index (χ0n) is 15.2. The summed E-state index contributed by atoms with van der Waals surface area (Å²) in [5, 5.41) is 3.64. The van der Waals surface area contributed by atoms with Gasteiger partial charge in [-0.3, -0.25) is 4.79 Å². The molecule has 8 heteroatoms. The summed E-state index contributed by atoms with van der Waals surface area (Å²) in [6.07, 6.45) is 0.907. The third kappa shape index (κ3) is 4.34. The van der Waals surface area contributed by atoms with Gasteiger partial charge in [-0.2, -0.15) is 4.98 Å². The zero-order valence-corrected chi connectivity index (χ0v) is 16.7. The van der Waals surface area contributed by atoms with Gasteiger partial charge in [-0.05, 0) is 61.5 Å². The van der Waals surface area contributed by atoms with Crippen LogP contribution in [0.5, 0.6) is 5.75 Å². The molecule has 0 aliphatic rings. The fraction of sp³-hybridized carbons (Fsp3) is 0.0952. The fourth-order valence-electron chi connectivity index (χ4n) is 2.65. The highest BCUT2D eigenvalue weighted by molar-refractivity contribution is 6.35. The number of fused-ring (bicyclic) bond motifs is 1. The number of nitrogens with zero attached hydrogens (tertiary/aromatic N) is 2. The molecule has 0 spiro atoms. The second-order valence-corrected chi connectivity index (χ2v) is 7.09. The van der Waals surface area contributed by atoms with Gasteiger partial charge in [-0.15, -0.1) is 0 Å². The molecule has 2 heterocycles. The van der Waals surface area contributed by atoms with E-state index in [-0.39, 0.29) is 5.91 Å². The van der Waals surface area contributed by atoms with Gasteiger partial charge in [0.1, 0.15) is 5.75 Å². The van der Waals surface area contributed by atoms with Crippen molar-refractivity contribution in [3.05, 3.63) is 70.8 Å². The van der Waals surface area contributed by atoms with Crippen molar-refractivity contribution in [3.8, 4) is 17.2 Å². The molecule has 0 fully saturated rings. The largest absolute Gasteiger partial charge is 0.479 e. The van der Waals surface area contributed by atoms with Gasteiger partial charge in [-0.1, -0.05) is 23.2 Å². The number of aromatic nitrogens is 2. The molecule has 6 nitrogen and oxygen atoms in total. The second-order valence-electron chi connectivity index (χ2n) is 6.25. The van der Waals surface area contributed by atoms with Crippen LogP contribution in [0.1, 0.15) is 6.92 Å². The first-order chi connectivity index (χ1) is 14.0. The average molecular weight is 428 g/mol. The topological polar surface area (TPSA) is 77.2 Å². The van der Waals surface area contributed by atoms with Crippen LogP contribution in [0.2, 0.25) is 10.0 Å². The lowest BCUT2D eigenvalue weighted by Crippen LogP contribution is -2.30. The van der Waals surface area contributed by atoms with Gasteiger partial charge in [0.05, 0.1) is 5.02 Å². The molecule has 0 radical (unpaired) electrons. The third-order valence-corrected chi connectivity index (χ3v) is 4.66. The number of carbonyl (C=O) groups is 1. The number of oxazole rings is 1. The van der Waals surface area contributed by atoms with Crippen molar-refractivity contribution in [2.24, 2.45) is 0 Å². The Kier molecular flexibility index (Phi) is 5.38. The molecule has 0 saturated carbocycles. The van der Waals surface area contributed by atoms with Gasteiger partial charge >= 0.3 is 0 Å². The van der Waals surface area contributed by atoms with Crippen molar-refractivity contribution < 1.29 is 13.9 Å². The van der Waals surface area contributed by atoms with Gasteiger partial charge < -0.3 is 14.5 Å². The Hall–Kier alpha value is -3.09. The van der Waals surface area contributed by atoms with E-state index in [1.165, 1.54) is 0 Å². The maximum Gasteiger partial charge on any atom is 0.265 e. The minimum Gasteiger partial charge on any atom is -0.479 e. The van der Waals surface area contributed by atoms with Crippen LogP contribution in [-0.2, 0) is 4.79 Å². The Labute approximate surface area is 176 Å². The van der Waals surface area contributed by atoms with Crippen LogP contribution in [0.3, 0.4) is 0 Å². The normalized spacial score (nSPS) is 12.0. The number of halogens is 2.